The first-order valence-corrected chi connectivity index (χ1v) is 5.63. The van der Waals surface area contributed by atoms with Gasteiger partial charge < -0.3 is 9.47 Å². The Kier molecular flexibility index (Phi) is 6.21. The molecule has 0 aromatic heterocycles. The fraction of sp³-hybridized carbons (Fsp3) is 1.00. The van der Waals surface area contributed by atoms with Gasteiger partial charge in [0.15, 0.2) is 0 Å². The van der Waals surface area contributed by atoms with Crippen LogP contribution in [0.15, 0.2) is 0 Å². The standard InChI is InChI=1S/C11H22O2/c1-2-3-9-12-10-13-11-7-5-4-6-8-11/h11H,2-10H2,1H3. The highest BCUT2D eigenvalue weighted by molar-refractivity contribution is 4.64. The van der Waals surface area contributed by atoms with Gasteiger partial charge in [0.05, 0.1) is 6.10 Å². The molecule has 78 valence electrons. The van der Waals surface area contributed by atoms with Crippen molar-refractivity contribution in [2.45, 2.75) is 58.0 Å². The van der Waals surface area contributed by atoms with Crippen LogP contribution in [0.25, 0.3) is 0 Å². The number of rotatable bonds is 6. The van der Waals surface area contributed by atoms with Crippen molar-refractivity contribution in [1.82, 2.24) is 0 Å². The fourth-order valence-corrected chi connectivity index (χ4v) is 1.68. The summed E-state index contributed by atoms with van der Waals surface area (Å²) in [4.78, 5) is 0. The van der Waals surface area contributed by atoms with E-state index in [2.05, 4.69) is 6.92 Å². The normalized spacial score (nSPS) is 19.2. The van der Waals surface area contributed by atoms with Gasteiger partial charge in [-0.3, -0.25) is 0 Å². The molecule has 0 bridgehead atoms. The highest BCUT2D eigenvalue weighted by Gasteiger charge is 2.12. The second-order valence-electron chi connectivity index (χ2n) is 3.81. The third kappa shape index (κ3) is 5.27. The largest absolute Gasteiger partial charge is 0.355 e. The molecule has 0 heterocycles. The first kappa shape index (κ1) is 11.0. The van der Waals surface area contributed by atoms with Crippen molar-refractivity contribution < 1.29 is 9.47 Å². The van der Waals surface area contributed by atoms with E-state index in [0.29, 0.717) is 12.9 Å². The minimum Gasteiger partial charge on any atom is -0.355 e. The van der Waals surface area contributed by atoms with Crippen molar-refractivity contribution >= 4 is 0 Å². The first-order valence-electron chi connectivity index (χ1n) is 5.63. The summed E-state index contributed by atoms with van der Waals surface area (Å²) in [6, 6.07) is 0. The maximum absolute atomic E-state index is 5.61. The maximum atomic E-state index is 5.61. The fourth-order valence-electron chi connectivity index (χ4n) is 1.68. The Morgan fingerprint density at radius 3 is 2.62 bits per heavy atom. The van der Waals surface area contributed by atoms with E-state index in [1.54, 1.807) is 0 Å². The van der Waals surface area contributed by atoms with Crippen LogP contribution in [0.3, 0.4) is 0 Å². The predicted molar refractivity (Wildman–Crippen MR) is 53.7 cm³/mol. The Morgan fingerprint density at radius 2 is 1.92 bits per heavy atom. The van der Waals surface area contributed by atoms with Crippen molar-refractivity contribution in [2.24, 2.45) is 0 Å². The van der Waals surface area contributed by atoms with Crippen LogP contribution in [0.2, 0.25) is 0 Å². The van der Waals surface area contributed by atoms with Gasteiger partial charge in [-0.1, -0.05) is 32.6 Å². The lowest BCUT2D eigenvalue weighted by atomic mass is 9.98. The molecule has 2 nitrogen and oxygen atoms in total. The molecule has 13 heavy (non-hydrogen) atoms. The Labute approximate surface area is 81.6 Å². The summed E-state index contributed by atoms with van der Waals surface area (Å²) in [6.07, 6.45) is 9.34. The lowest BCUT2D eigenvalue weighted by Crippen LogP contribution is -2.18. The average Bonchev–Trinajstić information content (AvgIpc) is 2.19. The van der Waals surface area contributed by atoms with E-state index in [-0.39, 0.29) is 0 Å². The summed E-state index contributed by atoms with van der Waals surface area (Å²) < 4.78 is 11.0. The van der Waals surface area contributed by atoms with Crippen molar-refractivity contribution in [3.05, 3.63) is 0 Å². The topological polar surface area (TPSA) is 18.5 Å². The smallest absolute Gasteiger partial charge is 0.147 e. The van der Waals surface area contributed by atoms with Crippen LogP contribution in [-0.4, -0.2) is 19.5 Å². The monoisotopic (exact) mass is 186 g/mol. The van der Waals surface area contributed by atoms with Crippen molar-refractivity contribution in [3.8, 4) is 0 Å². The van der Waals surface area contributed by atoms with Crippen LogP contribution in [0.1, 0.15) is 51.9 Å². The predicted octanol–water partition coefficient (Wildman–Crippen LogP) is 3.11. The number of hydrogen-bond acceptors (Lipinski definition) is 2. The highest BCUT2D eigenvalue weighted by Crippen LogP contribution is 2.19. The summed E-state index contributed by atoms with van der Waals surface area (Å²) in [6.45, 7) is 3.53. The molecule has 0 aromatic rings. The van der Waals surface area contributed by atoms with Gasteiger partial charge in [-0.25, -0.2) is 0 Å². The van der Waals surface area contributed by atoms with E-state index in [1.165, 1.54) is 38.5 Å². The van der Waals surface area contributed by atoms with Crippen LogP contribution in [-0.2, 0) is 9.47 Å². The molecule has 0 atom stereocenters. The van der Waals surface area contributed by atoms with Gasteiger partial charge in [0.25, 0.3) is 0 Å². The van der Waals surface area contributed by atoms with Crippen LogP contribution < -0.4 is 0 Å². The lowest BCUT2D eigenvalue weighted by Gasteiger charge is -2.21. The van der Waals surface area contributed by atoms with E-state index in [0.717, 1.165) is 13.0 Å². The zero-order valence-electron chi connectivity index (χ0n) is 8.76. The van der Waals surface area contributed by atoms with Crippen LogP contribution >= 0.6 is 0 Å². The first-order chi connectivity index (χ1) is 6.43. The molecule has 0 unspecified atom stereocenters. The number of ether oxygens (including phenoxy) is 2. The van der Waals surface area contributed by atoms with Gasteiger partial charge in [0.1, 0.15) is 6.79 Å². The molecule has 0 aromatic carbocycles. The minimum absolute atomic E-state index is 0.482. The molecule has 0 radical (unpaired) electrons. The molecule has 1 rings (SSSR count). The number of hydrogen-bond donors (Lipinski definition) is 0. The molecule has 0 spiro atoms. The maximum Gasteiger partial charge on any atom is 0.147 e. The van der Waals surface area contributed by atoms with E-state index in [4.69, 9.17) is 9.47 Å². The van der Waals surface area contributed by atoms with Gasteiger partial charge in [-0.2, -0.15) is 0 Å². The Balaban J connectivity index is 1.86. The van der Waals surface area contributed by atoms with E-state index in [1.807, 2.05) is 0 Å². The summed E-state index contributed by atoms with van der Waals surface area (Å²) in [5.74, 6) is 0. The minimum atomic E-state index is 0.482. The van der Waals surface area contributed by atoms with Gasteiger partial charge in [-0.05, 0) is 19.3 Å². The molecular weight excluding hydrogens is 164 g/mol. The Hall–Kier alpha value is -0.0800. The second kappa shape index (κ2) is 7.34. The van der Waals surface area contributed by atoms with Crippen molar-refractivity contribution in [2.75, 3.05) is 13.4 Å². The van der Waals surface area contributed by atoms with Gasteiger partial charge in [0.2, 0.25) is 0 Å². The second-order valence-corrected chi connectivity index (χ2v) is 3.81. The molecule has 1 fully saturated rings. The average molecular weight is 186 g/mol. The Bertz CT molecular complexity index is 109. The van der Waals surface area contributed by atoms with Gasteiger partial charge >= 0.3 is 0 Å². The highest BCUT2D eigenvalue weighted by atomic mass is 16.7. The third-order valence-electron chi connectivity index (χ3n) is 2.58. The molecule has 1 aliphatic carbocycles. The quantitative estimate of drug-likeness (QED) is 0.469. The molecule has 0 saturated heterocycles. The molecule has 1 saturated carbocycles. The van der Waals surface area contributed by atoms with Crippen LogP contribution in [0.4, 0.5) is 0 Å². The summed E-state index contributed by atoms with van der Waals surface area (Å²) >= 11 is 0. The third-order valence-corrected chi connectivity index (χ3v) is 2.58. The molecule has 2 heteroatoms. The molecule has 1 aliphatic rings. The van der Waals surface area contributed by atoms with E-state index < -0.39 is 0 Å². The van der Waals surface area contributed by atoms with Gasteiger partial charge in [-0.15, -0.1) is 0 Å². The summed E-state index contributed by atoms with van der Waals surface area (Å²) in [5, 5.41) is 0. The zero-order chi connectivity index (χ0) is 9.36. The van der Waals surface area contributed by atoms with Crippen molar-refractivity contribution in [1.29, 1.82) is 0 Å². The molecule has 0 amide bonds. The molecule has 0 N–H and O–H groups in total. The molecular formula is C11H22O2. The van der Waals surface area contributed by atoms with E-state index in [9.17, 15) is 0 Å². The zero-order valence-corrected chi connectivity index (χ0v) is 8.76. The van der Waals surface area contributed by atoms with E-state index >= 15 is 0 Å². The van der Waals surface area contributed by atoms with Crippen molar-refractivity contribution in [3.63, 3.8) is 0 Å². The summed E-state index contributed by atoms with van der Waals surface area (Å²) in [5.41, 5.74) is 0. The number of unbranched alkanes of at least 4 members (excludes halogenated alkanes) is 1. The van der Waals surface area contributed by atoms with Gasteiger partial charge in [0, 0.05) is 6.61 Å². The Morgan fingerprint density at radius 1 is 1.15 bits per heavy atom. The molecule has 0 aliphatic heterocycles. The lowest BCUT2D eigenvalue weighted by molar-refractivity contribution is -0.0986. The SMILES string of the molecule is CCCCOCOC1CCCCC1. The van der Waals surface area contributed by atoms with Crippen LogP contribution in [0.5, 0.6) is 0 Å². The van der Waals surface area contributed by atoms with Crippen LogP contribution in [0, 0.1) is 0 Å². The summed E-state index contributed by atoms with van der Waals surface area (Å²) in [7, 11) is 0.